The van der Waals surface area contributed by atoms with Gasteiger partial charge in [-0.05, 0) is 25.2 Å². The normalized spacial score (nSPS) is 13.5. The molecule has 0 saturated carbocycles. The van der Waals surface area contributed by atoms with Crippen LogP contribution in [0.15, 0.2) is 0 Å². The van der Waals surface area contributed by atoms with Gasteiger partial charge in [-0.1, -0.05) is 52.4 Å². The van der Waals surface area contributed by atoms with Gasteiger partial charge >= 0.3 is 16.4 Å². The fraction of sp³-hybridized carbons (Fsp3) is 0.933. The molecule has 0 aliphatic heterocycles. The van der Waals surface area contributed by atoms with Crippen LogP contribution in [0.1, 0.15) is 78.1 Å². The summed E-state index contributed by atoms with van der Waals surface area (Å²) in [7, 11) is -4.40. The van der Waals surface area contributed by atoms with Crippen molar-refractivity contribution in [1.29, 1.82) is 0 Å². The van der Waals surface area contributed by atoms with Crippen molar-refractivity contribution in [1.82, 2.24) is 0 Å². The molecule has 0 aromatic rings. The molecule has 0 aliphatic rings. The fourth-order valence-corrected chi connectivity index (χ4v) is 2.88. The van der Waals surface area contributed by atoms with E-state index in [4.69, 9.17) is 13.8 Å². The van der Waals surface area contributed by atoms with Crippen LogP contribution in [0.2, 0.25) is 0 Å². The largest absolute Gasteiger partial charge is 0.481 e. The molecule has 0 fully saturated rings. The highest BCUT2D eigenvalue weighted by Crippen LogP contribution is 2.18. The Hall–Kier alpha value is -0.660. The van der Waals surface area contributed by atoms with Crippen molar-refractivity contribution in [2.45, 2.75) is 84.2 Å². The summed E-state index contributed by atoms with van der Waals surface area (Å²) in [5, 5.41) is 8.52. The van der Waals surface area contributed by atoms with E-state index in [-0.39, 0.29) is 6.42 Å². The van der Waals surface area contributed by atoms with Crippen LogP contribution in [0.3, 0.4) is 0 Å². The molecular weight excluding hydrogens is 308 g/mol. The van der Waals surface area contributed by atoms with E-state index in [1.807, 2.05) is 0 Å². The quantitative estimate of drug-likeness (QED) is 0.369. The molecule has 0 heterocycles. The molecule has 0 radical (unpaired) electrons. The number of hydrogen-bond acceptors (Lipinski definition) is 4. The van der Waals surface area contributed by atoms with E-state index in [9.17, 15) is 13.2 Å². The Morgan fingerprint density at radius 1 is 0.955 bits per heavy atom. The zero-order chi connectivity index (χ0) is 17.0. The van der Waals surface area contributed by atoms with Gasteiger partial charge in [0.1, 0.15) is 0 Å². The number of carbonyl (C=O) groups is 1. The number of carboxylic acids is 1. The van der Waals surface area contributed by atoms with Crippen molar-refractivity contribution < 1.29 is 27.1 Å². The van der Waals surface area contributed by atoms with Crippen LogP contribution >= 0.6 is 0 Å². The first-order valence-corrected chi connectivity index (χ1v) is 9.44. The molecule has 0 aromatic carbocycles. The lowest BCUT2D eigenvalue weighted by Gasteiger charge is -2.16. The Morgan fingerprint density at radius 3 is 2.05 bits per heavy atom. The summed E-state index contributed by atoms with van der Waals surface area (Å²) >= 11 is 0. The molecule has 22 heavy (non-hydrogen) atoms. The first-order chi connectivity index (χ1) is 10.2. The van der Waals surface area contributed by atoms with Gasteiger partial charge in [-0.2, -0.15) is 8.42 Å². The summed E-state index contributed by atoms with van der Waals surface area (Å²) in [6.45, 7) is 4.21. The third kappa shape index (κ3) is 15.7. The second-order valence-corrected chi connectivity index (χ2v) is 7.22. The van der Waals surface area contributed by atoms with E-state index in [2.05, 4.69) is 13.8 Å². The van der Waals surface area contributed by atoms with Gasteiger partial charge in [0, 0.05) is 6.42 Å². The smallest absolute Gasteiger partial charge is 0.397 e. The predicted molar refractivity (Wildman–Crippen MR) is 85.1 cm³/mol. The first-order valence-electron chi connectivity index (χ1n) is 8.08. The van der Waals surface area contributed by atoms with Crippen LogP contribution in [0, 0.1) is 5.92 Å². The van der Waals surface area contributed by atoms with Crippen LogP contribution in [0.5, 0.6) is 0 Å². The summed E-state index contributed by atoms with van der Waals surface area (Å²) in [6.07, 6.45) is 7.02. The number of rotatable bonds is 14. The minimum atomic E-state index is -4.40. The van der Waals surface area contributed by atoms with Gasteiger partial charge in [0.25, 0.3) is 0 Å². The third-order valence-corrected chi connectivity index (χ3v) is 4.00. The van der Waals surface area contributed by atoms with Crippen molar-refractivity contribution in [2.24, 2.45) is 5.92 Å². The van der Waals surface area contributed by atoms with Gasteiger partial charge in [0.15, 0.2) is 0 Å². The predicted octanol–water partition coefficient (Wildman–Crippen LogP) is 3.82. The van der Waals surface area contributed by atoms with Crippen molar-refractivity contribution in [3.8, 4) is 0 Å². The molecule has 0 saturated heterocycles. The molecule has 0 rings (SSSR count). The summed E-state index contributed by atoms with van der Waals surface area (Å²) in [4.78, 5) is 10.4. The molecule has 0 aliphatic carbocycles. The SMILES string of the molecule is CC(C)CCCC(CCCCCCCC(=O)O)OS(=O)(=O)O. The van der Waals surface area contributed by atoms with Gasteiger partial charge < -0.3 is 5.11 Å². The van der Waals surface area contributed by atoms with E-state index < -0.39 is 22.5 Å². The van der Waals surface area contributed by atoms with Crippen molar-refractivity contribution in [3.05, 3.63) is 0 Å². The van der Waals surface area contributed by atoms with Gasteiger partial charge in [0.05, 0.1) is 6.10 Å². The summed E-state index contributed by atoms with van der Waals surface area (Å²) < 4.78 is 35.3. The third-order valence-electron chi connectivity index (χ3n) is 3.48. The molecule has 0 bridgehead atoms. The lowest BCUT2D eigenvalue weighted by Crippen LogP contribution is -2.18. The minimum Gasteiger partial charge on any atom is -0.481 e. The number of aliphatic carboxylic acids is 1. The van der Waals surface area contributed by atoms with Gasteiger partial charge in [-0.25, -0.2) is 4.18 Å². The number of unbranched alkanes of at least 4 members (excludes halogenated alkanes) is 4. The Labute approximate surface area is 134 Å². The Bertz CT molecular complexity index is 391. The molecule has 1 unspecified atom stereocenters. The molecule has 6 nitrogen and oxygen atoms in total. The van der Waals surface area contributed by atoms with Crippen LogP contribution in [-0.4, -0.2) is 30.2 Å². The maximum absolute atomic E-state index is 10.9. The van der Waals surface area contributed by atoms with Crippen molar-refractivity contribution in [2.75, 3.05) is 0 Å². The van der Waals surface area contributed by atoms with Crippen LogP contribution in [0.25, 0.3) is 0 Å². The van der Waals surface area contributed by atoms with Crippen molar-refractivity contribution >= 4 is 16.4 Å². The maximum atomic E-state index is 10.9. The maximum Gasteiger partial charge on any atom is 0.397 e. The van der Waals surface area contributed by atoms with E-state index in [1.54, 1.807) is 0 Å². The molecule has 1 atom stereocenters. The Balaban J connectivity index is 3.89. The molecule has 0 spiro atoms. The molecule has 7 heteroatoms. The van der Waals surface area contributed by atoms with E-state index in [1.165, 1.54) is 0 Å². The molecule has 2 N–H and O–H groups in total. The lowest BCUT2D eigenvalue weighted by molar-refractivity contribution is -0.137. The highest BCUT2D eigenvalue weighted by atomic mass is 32.3. The summed E-state index contributed by atoms with van der Waals surface area (Å²) in [5.74, 6) is -0.215. The summed E-state index contributed by atoms with van der Waals surface area (Å²) in [6, 6.07) is 0. The highest BCUT2D eigenvalue weighted by molar-refractivity contribution is 7.80. The summed E-state index contributed by atoms with van der Waals surface area (Å²) in [5.41, 5.74) is 0. The monoisotopic (exact) mass is 338 g/mol. The minimum absolute atomic E-state index is 0.198. The Kier molecular flexibility index (Phi) is 11.5. The average molecular weight is 338 g/mol. The zero-order valence-electron chi connectivity index (χ0n) is 13.7. The number of hydrogen-bond donors (Lipinski definition) is 2. The highest BCUT2D eigenvalue weighted by Gasteiger charge is 2.16. The molecule has 0 aromatic heterocycles. The second kappa shape index (κ2) is 11.8. The topological polar surface area (TPSA) is 101 Å². The Morgan fingerprint density at radius 2 is 1.50 bits per heavy atom. The first kappa shape index (κ1) is 21.3. The van der Waals surface area contributed by atoms with Crippen molar-refractivity contribution in [3.63, 3.8) is 0 Å². The average Bonchev–Trinajstić information content (AvgIpc) is 2.34. The van der Waals surface area contributed by atoms with E-state index in [0.717, 1.165) is 38.5 Å². The van der Waals surface area contributed by atoms with Crippen LogP contribution in [0.4, 0.5) is 0 Å². The van der Waals surface area contributed by atoms with E-state index in [0.29, 0.717) is 25.2 Å². The number of carboxylic acid groups (broad SMARTS) is 1. The standard InChI is InChI=1S/C15H30O6S/c1-13(2)9-8-11-14(21-22(18,19)20)10-6-4-3-5-7-12-15(16)17/h13-14H,3-12H2,1-2H3,(H,16,17)(H,18,19,20). The van der Waals surface area contributed by atoms with Gasteiger partial charge in [-0.15, -0.1) is 0 Å². The molecule has 132 valence electrons. The van der Waals surface area contributed by atoms with Gasteiger partial charge in [-0.3, -0.25) is 9.35 Å². The zero-order valence-corrected chi connectivity index (χ0v) is 14.5. The van der Waals surface area contributed by atoms with Crippen LogP contribution in [-0.2, 0) is 19.4 Å². The van der Waals surface area contributed by atoms with E-state index >= 15 is 0 Å². The lowest BCUT2D eigenvalue weighted by atomic mass is 10.0. The van der Waals surface area contributed by atoms with Gasteiger partial charge in [0.2, 0.25) is 0 Å². The molecule has 0 amide bonds. The van der Waals surface area contributed by atoms with Crippen LogP contribution < -0.4 is 0 Å². The molecular formula is C15H30O6S. The second-order valence-electron chi connectivity index (χ2n) is 6.17. The fourth-order valence-electron chi connectivity index (χ4n) is 2.34.